The Morgan fingerprint density at radius 1 is 1.46 bits per heavy atom. The zero-order valence-corrected chi connectivity index (χ0v) is 9.30. The molecule has 1 aromatic rings. The smallest absolute Gasteiger partial charge is 0.0939 e. The van der Waals surface area contributed by atoms with Gasteiger partial charge in [-0.2, -0.15) is 0 Å². The van der Waals surface area contributed by atoms with Gasteiger partial charge in [0.25, 0.3) is 0 Å². The van der Waals surface area contributed by atoms with Crippen LogP contribution in [0.4, 0.5) is 0 Å². The third-order valence-electron chi connectivity index (χ3n) is 3.01. The lowest BCUT2D eigenvalue weighted by Gasteiger charge is -2.19. The Bertz CT molecular complexity index is 247. The summed E-state index contributed by atoms with van der Waals surface area (Å²) >= 11 is 0. The second kappa shape index (κ2) is 4.11. The maximum atomic E-state index is 5.30. The van der Waals surface area contributed by atoms with Crippen LogP contribution in [0.25, 0.3) is 0 Å². The average molecular weight is 195 g/mol. The number of aromatic nitrogens is 1. The van der Waals surface area contributed by atoms with Crippen molar-refractivity contribution in [1.29, 1.82) is 0 Å². The third kappa shape index (κ3) is 1.86. The highest BCUT2D eigenvalue weighted by Gasteiger charge is 2.29. The minimum atomic E-state index is -0.648. The second-order valence-electron chi connectivity index (χ2n) is 3.84. The molecule has 0 saturated carbocycles. The van der Waals surface area contributed by atoms with E-state index in [0.29, 0.717) is 0 Å². The maximum Gasteiger partial charge on any atom is 0.0939 e. The molecule has 0 aliphatic carbocycles. The molecule has 1 fully saturated rings. The van der Waals surface area contributed by atoms with E-state index in [9.17, 15) is 0 Å². The Kier molecular flexibility index (Phi) is 2.86. The predicted octanol–water partition coefficient (Wildman–Crippen LogP) is 1.77. The molecular formula is C10H17NOSi. The van der Waals surface area contributed by atoms with Gasteiger partial charge in [0, 0.05) is 31.4 Å². The molecule has 2 atom stereocenters. The van der Waals surface area contributed by atoms with Gasteiger partial charge < -0.3 is 9.30 Å². The Hall–Kier alpha value is -0.543. The van der Waals surface area contributed by atoms with Crippen LogP contribution in [0.2, 0.25) is 6.04 Å². The van der Waals surface area contributed by atoms with Crippen LogP contribution in [0.5, 0.6) is 0 Å². The van der Waals surface area contributed by atoms with Gasteiger partial charge in [-0.05, 0) is 18.6 Å². The first kappa shape index (κ1) is 9.03. The summed E-state index contributed by atoms with van der Waals surface area (Å²) < 4.78 is 7.69. The van der Waals surface area contributed by atoms with Gasteiger partial charge in [0.2, 0.25) is 0 Å². The molecule has 2 unspecified atom stereocenters. The molecule has 1 aliphatic rings. The summed E-state index contributed by atoms with van der Waals surface area (Å²) in [5.41, 5.74) is 0.815. The van der Waals surface area contributed by atoms with Crippen LogP contribution in [0, 0.1) is 0 Å². The third-order valence-corrected chi connectivity index (χ3v) is 6.69. The molecule has 2 heterocycles. The summed E-state index contributed by atoms with van der Waals surface area (Å²) in [7, 11) is 1.18. The molecule has 2 rings (SSSR count). The molecule has 0 amide bonds. The first-order chi connectivity index (χ1) is 6.42. The van der Waals surface area contributed by atoms with Crippen molar-refractivity contribution in [3.63, 3.8) is 0 Å². The number of ether oxygens (including phenoxy) is 1. The van der Waals surface area contributed by atoms with Gasteiger partial charge in [0.15, 0.2) is 0 Å². The summed E-state index contributed by atoms with van der Waals surface area (Å²) in [5.74, 6) is 0. The van der Waals surface area contributed by atoms with Crippen molar-refractivity contribution in [2.45, 2.75) is 24.6 Å². The largest absolute Gasteiger partial charge is 0.388 e. The fraction of sp³-hybridized carbons (Fsp3) is 0.600. The summed E-state index contributed by atoms with van der Waals surface area (Å²) in [6.07, 6.45) is 8.22. The SMILES string of the molecule is COC[SiH]1CCCC1n1cccc1. The zero-order valence-electron chi connectivity index (χ0n) is 8.15. The van der Waals surface area contributed by atoms with E-state index in [1.807, 2.05) is 7.11 Å². The molecule has 0 spiro atoms. The molecule has 1 saturated heterocycles. The van der Waals surface area contributed by atoms with E-state index < -0.39 is 8.80 Å². The van der Waals surface area contributed by atoms with Crippen LogP contribution in [-0.2, 0) is 4.74 Å². The van der Waals surface area contributed by atoms with Crippen LogP contribution >= 0.6 is 0 Å². The van der Waals surface area contributed by atoms with E-state index in [1.165, 1.54) is 18.9 Å². The van der Waals surface area contributed by atoms with Crippen LogP contribution in [0.15, 0.2) is 24.5 Å². The summed E-state index contributed by atoms with van der Waals surface area (Å²) in [4.78, 5) is 0. The van der Waals surface area contributed by atoms with Gasteiger partial charge in [0.1, 0.15) is 0 Å². The van der Waals surface area contributed by atoms with Gasteiger partial charge in [-0.25, -0.2) is 0 Å². The molecule has 0 aromatic carbocycles. The normalized spacial score (nSPS) is 28.1. The molecule has 0 N–H and O–H groups in total. The Balaban J connectivity index is 2.05. The quantitative estimate of drug-likeness (QED) is 0.671. The number of rotatable bonds is 3. The predicted molar refractivity (Wildman–Crippen MR) is 56.5 cm³/mol. The van der Waals surface area contributed by atoms with Gasteiger partial charge in [-0.15, -0.1) is 0 Å². The Labute approximate surface area is 81.1 Å². The van der Waals surface area contributed by atoms with E-state index in [0.717, 1.165) is 11.9 Å². The molecule has 1 aliphatic heterocycles. The van der Waals surface area contributed by atoms with Gasteiger partial charge in [0.05, 0.1) is 8.80 Å². The lowest BCUT2D eigenvalue weighted by molar-refractivity contribution is 0.247. The van der Waals surface area contributed by atoms with Crippen molar-refractivity contribution in [2.24, 2.45) is 0 Å². The van der Waals surface area contributed by atoms with Crippen LogP contribution in [0.1, 0.15) is 18.5 Å². The summed E-state index contributed by atoms with van der Waals surface area (Å²) in [6, 6.07) is 5.70. The number of hydrogen-bond acceptors (Lipinski definition) is 1. The van der Waals surface area contributed by atoms with Crippen molar-refractivity contribution in [3.8, 4) is 0 Å². The van der Waals surface area contributed by atoms with E-state index >= 15 is 0 Å². The van der Waals surface area contributed by atoms with Crippen molar-refractivity contribution in [2.75, 3.05) is 13.3 Å². The molecule has 0 radical (unpaired) electrons. The minimum Gasteiger partial charge on any atom is -0.388 e. The topological polar surface area (TPSA) is 14.2 Å². The maximum absolute atomic E-state index is 5.30. The van der Waals surface area contributed by atoms with Crippen molar-refractivity contribution in [3.05, 3.63) is 24.5 Å². The van der Waals surface area contributed by atoms with E-state index in [4.69, 9.17) is 4.74 Å². The van der Waals surface area contributed by atoms with Gasteiger partial charge >= 0.3 is 0 Å². The first-order valence-electron chi connectivity index (χ1n) is 5.03. The van der Waals surface area contributed by atoms with Crippen molar-refractivity contribution >= 4 is 8.80 Å². The van der Waals surface area contributed by atoms with Crippen LogP contribution < -0.4 is 0 Å². The van der Waals surface area contributed by atoms with Gasteiger partial charge in [-0.3, -0.25) is 0 Å². The van der Waals surface area contributed by atoms with E-state index in [1.54, 1.807) is 0 Å². The fourth-order valence-electron chi connectivity index (χ4n) is 2.39. The Morgan fingerprint density at radius 2 is 2.23 bits per heavy atom. The monoisotopic (exact) mass is 195 g/mol. The average Bonchev–Trinajstić information content (AvgIpc) is 2.71. The van der Waals surface area contributed by atoms with Gasteiger partial charge in [-0.1, -0.05) is 12.5 Å². The zero-order chi connectivity index (χ0) is 9.10. The van der Waals surface area contributed by atoms with E-state index in [-0.39, 0.29) is 0 Å². The second-order valence-corrected chi connectivity index (χ2v) is 7.04. The number of nitrogens with zero attached hydrogens (tertiary/aromatic N) is 1. The fourth-order valence-corrected chi connectivity index (χ4v) is 5.74. The van der Waals surface area contributed by atoms with E-state index in [2.05, 4.69) is 29.1 Å². The molecular weight excluding hydrogens is 178 g/mol. The van der Waals surface area contributed by atoms with Crippen LogP contribution in [0.3, 0.4) is 0 Å². The first-order valence-corrected chi connectivity index (χ1v) is 7.33. The van der Waals surface area contributed by atoms with Crippen molar-refractivity contribution < 1.29 is 4.74 Å². The van der Waals surface area contributed by atoms with Crippen molar-refractivity contribution in [1.82, 2.24) is 4.57 Å². The molecule has 2 nitrogen and oxygen atoms in total. The molecule has 13 heavy (non-hydrogen) atoms. The lowest BCUT2D eigenvalue weighted by atomic mass is 10.3. The molecule has 72 valence electrons. The minimum absolute atomic E-state index is 0.648. The highest BCUT2D eigenvalue weighted by Crippen LogP contribution is 2.29. The number of methoxy groups -OCH3 is 1. The van der Waals surface area contributed by atoms with Crippen LogP contribution in [-0.4, -0.2) is 26.7 Å². The summed E-state index contributed by atoms with van der Waals surface area (Å²) in [6.45, 7) is 0. The number of hydrogen-bond donors (Lipinski definition) is 0. The standard InChI is InChI=1S/C10H17NOSi/c1-12-9-13-8-4-5-10(13)11-6-2-3-7-11/h2-3,6-7,10,13H,4-5,8-9H2,1H3. The molecule has 3 heteroatoms. The highest BCUT2D eigenvalue weighted by atomic mass is 28.3. The highest BCUT2D eigenvalue weighted by molar-refractivity contribution is 6.60. The Morgan fingerprint density at radius 3 is 2.92 bits per heavy atom. The summed E-state index contributed by atoms with van der Waals surface area (Å²) in [5, 5.41) is 0. The molecule has 1 aromatic heterocycles. The lowest BCUT2D eigenvalue weighted by Crippen LogP contribution is -2.27. The molecule has 0 bridgehead atoms.